The molecule has 1 N–H and O–H groups in total. The fraction of sp³-hybridized carbons (Fsp3) is 0.0435. The number of halogens is 2. The lowest BCUT2D eigenvalue weighted by Crippen LogP contribution is -1.98. The summed E-state index contributed by atoms with van der Waals surface area (Å²) < 4.78 is 7.60. The summed E-state index contributed by atoms with van der Waals surface area (Å²) in [6, 6.07) is 21.1. The van der Waals surface area contributed by atoms with Crippen molar-refractivity contribution in [1.82, 2.24) is 4.98 Å². The second kappa shape index (κ2) is 9.88. The topological polar surface area (TPSA) is 89.7 Å². The molecule has 4 aromatic rings. The molecule has 0 bridgehead atoms. The van der Waals surface area contributed by atoms with E-state index in [0.29, 0.717) is 18.2 Å². The summed E-state index contributed by atoms with van der Waals surface area (Å²) >= 11 is 7.11. The van der Waals surface area contributed by atoms with Gasteiger partial charge in [-0.1, -0.05) is 36.4 Å². The molecule has 9 heteroatoms. The Morgan fingerprint density at radius 3 is 2.47 bits per heavy atom. The number of hydrogen-bond donors (Lipinski definition) is 1. The Bertz CT molecular complexity index is 1290. The molecule has 0 unspecified atom stereocenters. The molecular weight excluding hydrogens is 540 g/mol. The van der Waals surface area contributed by atoms with E-state index in [2.05, 4.69) is 77.7 Å². The number of aromatic nitrogens is 1. The van der Waals surface area contributed by atoms with Crippen LogP contribution in [0.15, 0.2) is 87.0 Å². The Kier molecular flexibility index (Phi) is 6.77. The number of nitrogens with zero attached hydrogens (tertiary/aromatic N) is 3. The first kappa shape index (κ1) is 21.9. The lowest BCUT2D eigenvalue weighted by Gasteiger charge is -2.12. The monoisotopic (exact) mass is 554 g/mol. The minimum atomic E-state index is -0.501. The molecule has 7 nitrogen and oxygen atoms in total. The van der Waals surface area contributed by atoms with Crippen LogP contribution in [0, 0.1) is 10.1 Å². The molecular formula is C23H16Br2N4O3. The maximum absolute atomic E-state index is 10.7. The van der Waals surface area contributed by atoms with Crippen molar-refractivity contribution < 1.29 is 9.66 Å². The standard InChI is InChI=1S/C23H16Br2N4O3/c24-20-10-16(12-27-28-22-8-7-19(13-26-22)29(30)31)11-21(25)23(20)32-14-15-5-6-17-3-1-2-4-18(17)9-15/h1-13H,14H2,(H,26,28)/b27-12+. The van der Waals surface area contributed by atoms with E-state index in [0.717, 1.165) is 20.1 Å². The predicted molar refractivity (Wildman–Crippen MR) is 132 cm³/mol. The number of nitro groups is 1. The van der Waals surface area contributed by atoms with E-state index in [4.69, 9.17) is 4.74 Å². The predicted octanol–water partition coefficient (Wildman–Crippen LogP) is 6.69. The highest BCUT2D eigenvalue weighted by Gasteiger charge is 2.09. The van der Waals surface area contributed by atoms with Crippen molar-refractivity contribution in [2.75, 3.05) is 5.43 Å². The maximum atomic E-state index is 10.7. The van der Waals surface area contributed by atoms with Gasteiger partial charge in [-0.2, -0.15) is 5.10 Å². The Morgan fingerprint density at radius 1 is 1.03 bits per heavy atom. The Morgan fingerprint density at radius 2 is 1.78 bits per heavy atom. The summed E-state index contributed by atoms with van der Waals surface area (Å²) in [6.45, 7) is 0.433. The number of fused-ring (bicyclic) bond motifs is 1. The lowest BCUT2D eigenvalue weighted by molar-refractivity contribution is -0.385. The summed E-state index contributed by atoms with van der Waals surface area (Å²) in [7, 11) is 0. The number of hydrogen-bond acceptors (Lipinski definition) is 6. The summed E-state index contributed by atoms with van der Waals surface area (Å²) in [5, 5.41) is 17.2. The van der Waals surface area contributed by atoms with E-state index in [1.54, 1.807) is 6.21 Å². The van der Waals surface area contributed by atoms with Gasteiger partial charge in [0.1, 0.15) is 24.4 Å². The van der Waals surface area contributed by atoms with Crippen LogP contribution in [-0.2, 0) is 6.61 Å². The molecule has 0 spiro atoms. The van der Waals surface area contributed by atoms with Crippen LogP contribution >= 0.6 is 31.9 Å². The van der Waals surface area contributed by atoms with E-state index in [-0.39, 0.29) is 5.69 Å². The van der Waals surface area contributed by atoms with Gasteiger partial charge >= 0.3 is 0 Å². The molecule has 0 fully saturated rings. The van der Waals surface area contributed by atoms with Gasteiger partial charge in [0, 0.05) is 6.07 Å². The molecule has 1 heterocycles. The van der Waals surface area contributed by atoms with Crippen LogP contribution in [0.2, 0.25) is 0 Å². The van der Waals surface area contributed by atoms with Gasteiger partial charge in [0.15, 0.2) is 0 Å². The fourth-order valence-corrected chi connectivity index (χ4v) is 4.46. The van der Waals surface area contributed by atoms with Gasteiger partial charge in [0.25, 0.3) is 5.69 Å². The number of benzene rings is 3. The third kappa shape index (κ3) is 5.30. The first-order valence-corrected chi connectivity index (χ1v) is 11.1. The number of ether oxygens (including phenoxy) is 1. The minimum absolute atomic E-state index is 0.0772. The quantitative estimate of drug-likeness (QED) is 0.156. The molecule has 0 aliphatic heterocycles. The first-order valence-electron chi connectivity index (χ1n) is 9.48. The third-order valence-corrected chi connectivity index (χ3v) is 5.75. The second-order valence-electron chi connectivity index (χ2n) is 6.81. The fourth-order valence-electron chi connectivity index (χ4n) is 3.01. The normalized spacial score (nSPS) is 11.1. The van der Waals surface area contributed by atoms with Crippen LogP contribution in [0.5, 0.6) is 5.75 Å². The average Bonchev–Trinajstić information content (AvgIpc) is 2.79. The molecule has 0 aliphatic carbocycles. The SMILES string of the molecule is O=[N+]([O-])c1ccc(N/N=C/c2cc(Br)c(OCc3ccc4ccccc4c3)c(Br)c2)nc1. The van der Waals surface area contributed by atoms with Gasteiger partial charge in [-0.3, -0.25) is 15.5 Å². The van der Waals surface area contributed by atoms with Gasteiger partial charge in [-0.05, 0) is 78.0 Å². The van der Waals surface area contributed by atoms with Crippen molar-refractivity contribution in [3.05, 3.63) is 103 Å². The van der Waals surface area contributed by atoms with Gasteiger partial charge in [-0.15, -0.1) is 0 Å². The zero-order valence-corrected chi connectivity index (χ0v) is 19.7. The van der Waals surface area contributed by atoms with E-state index in [9.17, 15) is 10.1 Å². The molecule has 3 aromatic carbocycles. The molecule has 160 valence electrons. The van der Waals surface area contributed by atoms with E-state index >= 15 is 0 Å². The van der Waals surface area contributed by atoms with Crippen molar-refractivity contribution in [2.45, 2.75) is 6.61 Å². The maximum Gasteiger partial charge on any atom is 0.287 e. The van der Waals surface area contributed by atoms with Crippen LogP contribution in [0.3, 0.4) is 0 Å². The van der Waals surface area contributed by atoms with Crippen LogP contribution in [-0.4, -0.2) is 16.1 Å². The summed E-state index contributed by atoms with van der Waals surface area (Å²) in [4.78, 5) is 14.1. The highest BCUT2D eigenvalue weighted by Crippen LogP contribution is 2.35. The summed E-state index contributed by atoms with van der Waals surface area (Å²) in [5.41, 5.74) is 4.56. The smallest absolute Gasteiger partial charge is 0.287 e. The van der Waals surface area contributed by atoms with Crippen LogP contribution in [0.4, 0.5) is 11.5 Å². The van der Waals surface area contributed by atoms with E-state index in [1.165, 1.54) is 29.1 Å². The number of rotatable bonds is 7. The zero-order valence-electron chi connectivity index (χ0n) is 16.5. The van der Waals surface area contributed by atoms with Gasteiger partial charge in [0.05, 0.1) is 20.1 Å². The number of pyridine rings is 1. The van der Waals surface area contributed by atoms with E-state index in [1.807, 2.05) is 24.3 Å². The molecule has 0 saturated heterocycles. The molecule has 0 saturated carbocycles. The van der Waals surface area contributed by atoms with Crippen molar-refractivity contribution in [3.8, 4) is 5.75 Å². The Balaban J connectivity index is 1.41. The molecule has 0 aliphatic rings. The molecule has 0 amide bonds. The molecule has 4 rings (SSSR count). The highest BCUT2D eigenvalue weighted by molar-refractivity contribution is 9.11. The minimum Gasteiger partial charge on any atom is -0.487 e. The van der Waals surface area contributed by atoms with Crippen LogP contribution in [0.25, 0.3) is 10.8 Å². The van der Waals surface area contributed by atoms with Crippen molar-refractivity contribution in [2.24, 2.45) is 5.10 Å². The van der Waals surface area contributed by atoms with E-state index < -0.39 is 4.92 Å². The average molecular weight is 556 g/mol. The van der Waals surface area contributed by atoms with Gasteiger partial charge in [0.2, 0.25) is 0 Å². The highest BCUT2D eigenvalue weighted by atomic mass is 79.9. The molecule has 1 aromatic heterocycles. The van der Waals surface area contributed by atoms with Crippen molar-refractivity contribution in [3.63, 3.8) is 0 Å². The number of hydrazone groups is 1. The van der Waals surface area contributed by atoms with Crippen LogP contribution in [0.1, 0.15) is 11.1 Å². The molecule has 0 radical (unpaired) electrons. The molecule has 32 heavy (non-hydrogen) atoms. The first-order chi connectivity index (χ1) is 15.5. The largest absolute Gasteiger partial charge is 0.487 e. The second-order valence-corrected chi connectivity index (χ2v) is 8.52. The Hall–Kier alpha value is -3.30. The van der Waals surface area contributed by atoms with Crippen molar-refractivity contribution in [1.29, 1.82) is 0 Å². The van der Waals surface area contributed by atoms with Crippen LogP contribution < -0.4 is 10.2 Å². The summed E-state index contributed by atoms with van der Waals surface area (Å²) in [6.07, 6.45) is 2.79. The zero-order chi connectivity index (χ0) is 22.5. The number of nitrogens with one attached hydrogen (secondary N) is 1. The molecule has 0 atom stereocenters. The van der Waals surface area contributed by atoms with Gasteiger partial charge < -0.3 is 4.74 Å². The lowest BCUT2D eigenvalue weighted by atomic mass is 10.1. The van der Waals surface area contributed by atoms with Crippen molar-refractivity contribution >= 4 is 60.4 Å². The number of anilines is 1. The van der Waals surface area contributed by atoms with Gasteiger partial charge in [-0.25, -0.2) is 4.98 Å². The summed E-state index contributed by atoms with van der Waals surface area (Å²) in [5.74, 6) is 1.10. The Labute approximate surface area is 200 Å². The third-order valence-electron chi connectivity index (χ3n) is 4.57.